The number of hydrogen-bond donors (Lipinski definition) is 1. The van der Waals surface area contributed by atoms with Crippen molar-refractivity contribution in [2.75, 3.05) is 46.9 Å². The van der Waals surface area contributed by atoms with Crippen molar-refractivity contribution in [3.63, 3.8) is 0 Å². The van der Waals surface area contributed by atoms with E-state index in [0.29, 0.717) is 6.54 Å². The standard InChI is InChI=1S/C21H26FN3O2/c1-24-11-13-25(14-12-24)20(16-7-9-17(27-2)10-8-16)15-23-21(26)18-5-3-4-6-19(18)22/h3-10,20H,11-15H2,1-2H3,(H,23,26)/t20-/m1/s1. The van der Waals surface area contributed by atoms with Crippen LogP contribution in [-0.4, -0.2) is 62.6 Å². The van der Waals surface area contributed by atoms with Gasteiger partial charge in [-0.15, -0.1) is 0 Å². The molecular formula is C21H26FN3O2. The van der Waals surface area contributed by atoms with Gasteiger partial charge in [0.1, 0.15) is 11.6 Å². The third-order valence-corrected chi connectivity index (χ3v) is 5.05. The van der Waals surface area contributed by atoms with Crippen LogP contribution in [-0.2, 0) is 0 Å². The summed E-state index contributed by atoms with van der Waals surface area (Å²) in [6, 6.07) is 14.0. The molecule has 1 aliphatic heterocycles. The number of carbonyl (C=O) groups is 1. The molecule has 1 saturated heterocycles. The Morgan fingerprint density at radius 1 is 1.11 bits per heavy atom. The van der Waals surface area contributed by atoms with E-state index in [9.17, 15) is 9.18 Å². The lowest BCUT2D eigenvalue weighted by Crippen LogP contribution is -2.48. The van der Waals surface area contributed by atoms with Crippen LogP contribution in [0.5, 0.6) is 5.75 Å². The zero-order chi connectivity index (χ0) is 19.2. The lowest BCUT2D eigenvalue weighted by atomic mass is 10.0. The molecule has 0 bridgehead atoms. The number of hydrogen-bond acceptors (Lipinski definition) is 4. The van der Waals surface area contributed by atoms with E-state index in [4.69, 9.17) is 4.74 Å². The van der Waals surface area contributed by atoms with Crippen LogP contribution in [0.1, 0.15) is 22.0 Å². The maximum Gasteiger partial charge on any atom is 0.254 e. The Bertz CT molecular complexity index is 758. The summed E-state index contributed by atoms with van der Waals surface area (Å²) in [7, 11) is 3.75. The van der Waals surface area contributed by atoms with E-state index in [2.05, 4.69) is 22.2 Å². The molecule has 2 aromatic carbocycles. The number of benzene rings is 2. The van der Waals surface area contributed by atoms with E-state index >= 15 is 0 Å². The molecule has 3 rings (SSSR count). The predicted molar refractivity (Wildman–Crippen MR) is 104 cm³/mol. The van der Waals surface area contributed by atoms with Gasteiger partial charge in [-0.25, -0.2) is 4.39 Å². The molecule has 0 unspecified atom stereocenters. The van der Waals surface area contributed by atoms with E-state index in [1.165, 1.54) is 12.1 Å². The van der Waals surface area contributed by atoms with Crippen LogP contribution in [0.25, 0.3) is 0 Å². The maximum absolute atomic E-state index is 13.9. The minimum atomic E-state index is -0.504. The molecule has 1 atom stereocenters. The molecule has 6 heteroatoms. The molecule has 27 heavy (non-hydrogen) atoms. The number of piperazine rings is 1. The van der Waals surface area contributed by atoms with Gasteiger partial charge in [-0.3, -0.25) is 9.69 Å². The number of nitrogens with zero attached hydrogens (tertiary/aromatic N) is 2. The van der Waals surface area contributed by atoms with Gasteiger partial charge >= 0.3 is 0 Å². The van der Waals surface area contributed by atoms with Crippen molar-refractivity contribution in [1.82, 2.24) is 15.1 Å². The third-order valence-electron chi connectivity index (χ3n) is 5.05. The van der Waals surface area contributed by atoms with Crippen molar-refractivity contribution >= 4 is 5.91 Å². The Kier molecular flexibility index (Phi) is 6.42. The molecule has 5 nitrogen and oxygen atoms in total. The molecule has 2 aromatic rings. The normalized spacial score (nSPS) is 16.7. The molecule has 0 spiro atoms. The zero-order valence-corrected chi connectivity index (χ0v) is 15.8. The molecule has 0 aromatic heterocycles. The number of amides is 1. The van der Waals surface area contributed by atoms with Gasteiger partial charge in [0.15, 0.2) is 0 Å². The fourth-order valence-corrected chi connectivity index (χ4v) is 3.35. The first kappa shape index (κ1) is 19.3. The van der Waals surface area contributed by atoms with Crippen LogP contribution in [0.2, 0.25) is 0 Å². The summed E-state index contributed by atoms with van der Waals surface area (Å²) in [4.78, 5) is 17.1. The summed E-state index contributed by atoms with van der Waals surface area (Å²) in [5, 5.41) is 2.91. The van der Waals surface area contributed by atoms with E-state index in [-0.39, 0.29) is 17.5 Å². The first-order chi connectivity index (χ1) is 13.1. The summed E-state index contributed by atoms with van der Waals surface area (Å²) in [5.74, 6) is -0.0948. The van der Waals surface area contributed by atoms with Gasteiger partial charge in [0.2, 0.25) is 0 Å². The second-order valence-corrected chi connectivity index (χ2v) is 6.82. The van der Waals surface area contributed by atoms with Gasteiger partial charge in [-0.05, 0) is 36.9 Å². The number of methoxy groups -OCH3 is 1. The van der Waals surface area contributed by atoms with Gasteiger partial charge in [0, 0.05) is 32.7 Å². The summed E-state index contributed by atoms with van der Waals surface area (Å²) in [6.45, 7) is 4.22. The molecule has 1 N–H and O–H groups in total. The fraction of sp³-hybridized carbons (Fsp3) is 0.381. The first-order valence-electron chi connectivity index (χ1n) is 9.17. The topological polar surface area (TPSA) is 44.8 Å². The Balaban J connectivity index is 1.75. The largest absolute Gasteiger partial charge is 0.497 e. The van der Waals surface area contributed by atoms with E-state index < -0.39 is 5.82 Å². The SMILES string of the molecule is COc1ccc([C@@H](CNC(=O)c2ccccc2F)N2CCN(C)CC2)cc1. The monoisotopic (exact) mass is 371 g/mol. The van der Waals surface area contributed by atoms with Gasteiger partial charge in [-0.2, -0.15) is 0 Å². The third kappa shape index (κ3) is 4.84. The first-order valence-corrected chi connectivity index (χ1v) is 9.17. The van der Waals surface area contributed by atoms with Crippen LogP contribution in [0.15, 0.2) is 48.5 Å². The van der Waals surface area contributed by atoms with E-state index in [1.807, 2.05) is 24.3 Å². The average molecular weight is 371 g/mol. The van der Waals surface area contributed by atoms with E-state index in [0.717, 1.165) is 37.5 Å². The van der Waals surface area contributed by atoms with Crippen LogP contribution in [0.4, 0.5) is 4.39 Å². The van der Waals surface area contributed by atoms with Crippen LogP contribution >= 0.6 is 0 Å². The summed E-state index contributed by atoms with van der Waals surface area (Å²) in [5.41, 5.74) is 1.18. The average Bonchev–Trinajstić information content (AvgIpc) is 2.70. The van der Waals surface area contributed by atoms with Gasteiger partial charge < -0.3 is 15.0 Å². The van der Waals surface area contributed by atoms with Crippen molar-refractivity contribution in [3.05, 3.63) is 65.5 Å². The highest BCUT2D eigenvalue weighted by molar-refractivity contribution is 5.94. The Morgan fingerprint density at radius 2 is 1.78 bits per heavy atom. The fourth-order valence-electron chi connectivity index (χ4n) is 3.35. The van der Waals surface area contributed by atoms with Crippen molar-refractivity contribution in [2.24, 2.45) is 0 Å². The summed E-state index contributed by atoms with van der Waals surface area (Å²) < 4.78 is 19.1. The molecule has 0 saturated carbocycles. The number of likely N-dealkylation sites (N-methyl/N-ethyl adjacent to an activating group) is 1. The molecule has 1 fully saturated rings. The Morgan fingerprint density at radius 3 is 2.41 bits per heavy atom. The Labute approximate surface area is 159 Å². The van der Waals surface area contributed by atoms with Gasteiger partial charge in [-0.1, -0.05) is 24.3 Å². The highest BCUT2D eigenvalue weighted by atomic mass is 19.1. The van der Waals surface area contributed by atoms with Gasteiger partial charge in [0.25, 0.3) is 5.91 Å². The second-order valence-electron chi connectivity index (χ2n) is 6.82. The number of rotatable bonds is 6. The predicted octanol–water partition coefficient (Wildman–Crippen LogP) is 2.55. The quantitative estimate of drug-likeness (QED) is 0.848. The zero-order valence-electron chi connectivity index (χ0n) is 15.8. The number of halogens is 1. The molecule has 144 valence electrons. The van der Waals surface area contributed by atoms with E-state index in [1.54, 1.807) is 19.2 Å². The molecule has 1 aliphatic rings. The number of nitrogens with one attached hydrogen (secondary N) is 1. The van der Waals surface area contributed by atoms with Crippen molar-refractivity contribution in [1.29, 1.82) is 0 Å². The molecule has 0 aliphatic carbocycles. The smallest absolute Gasteiger partial charge is 0.254 e. The maximum atomic E-state index is 13.9. The van der Waals surface area contributed by atoms with Crippen molar-refractivity contribution in [2.45, 2.75) is 6.04 Å². The molecular weight excluding hydrogens is 345 g/mol. The molecule has 1 amide bonds. The lowest BCUT2D eigenvalue weighted by Gasteiger charge is -2.38. The molecule has 1 heterocycles. The highest BCUT2D eigenvalue weighted by Gasteiger charge is 2.25. The van der Waals surface area contributed by atoms with Gasteiger partial charge in [0.05, 0.1) is 18.7 Å². The van der Waals surface area contributed by atoms with Crippen LogP contribution in [0, 0.1) is 5.82 Å². The van der Waals surface area contributed by atoms with Crippen LogP contribution < -0.4 is 10.1 Å². The summed E-state index contributed by atoms with van der Waals surface area (Å²) in [6.07, 6.45) is 0. The minimum Gasteiger partial charge on any atom is -0.497 e. The number of carbonyl (C=O) groups excluding carboxylic acids is 1. The summed E-state index contributed by atoms with van der Waals surface area (Å²) >= 11 is 0. The Hall–Kier alpha value is -2.44. The minimum absolute atomic E-state index is 0.0281. The van der Waals surface area contributed by atoms with Crippen molar-refractivity contribution in [3.8, 4) is 5.75 Å². The van der Waals surface area contributed by atoms with Crippen molar-refractivity contribution < 1.29 is 13.9 Å². The van der Waals surface area contributed by atoms with Crippen LogP contribution in [0.3, 0.4) is 0 Å². The molecule has 0 radical (unpaired) electrons. The second kappa shape index (κ2) is 8.97. The number of ether oxygens (including phenoxy) is 1. The lowest BCUT2D eigenvalue weighted by molar-refractivity contribution is 0.0883. The highest BCUT2D eigenvalue weighted by Crippen LogP contribution is 2.24.